The van der Waals surface area contributed by atoms with Crippen molar-refractivity contribution in [3.63, 3.8) is 0 Å². The third kappa shape index (κ3) is 6.02. The van der Waals surface area contributed by atoms with E-state index in [4.69, 9.17) is 0 Å². The summed E-state index contributed by atoms with van der Waals surface area (Å²) >= 11 is 0. The number of aryl methyl sites for hydroxylation is 1. The van der Waals surface area contributed by atoms with Crippen molar-refractivity contribution < 1.29 is 4.39 Å². The van der Waals surface area contributed by atoms with Crippen molar-refractivity contribution in [2.75, 3.05) is 26.7 Å². The fourth-order valence-corrected chi connectivity index (χ4v) is 2.25. The Labute approximate surface area is 133 Å². The molecule has 0 heterocycles. The van der Waals surface area contributed by atoms with Crippen LogP contribution in [0, 0.1) is 12.7 Å². The molecule has 0 saturated heterocycles. The van der Waals surface area contributed by atoms with Gasteiger partial charge in [0, 0.05) is 32.7 Å². The van der Waals surface area contributed by atoms with E-state index in [1.165, 1.54) is 0 Å². The van der Waals surface area contributed by atoms with Gasteiger partial charge < -0.3 is 10.6 Å². The third-order valence-corrected chi connectivity index (χ3v) is 3.75. The molecule has 1 rings (SSSR count). The summed E-state index contributed by atoms with van der Waals surface area (Å²) in [6.45, 7) is 11.7. The summed E-state index contributed by atoms with van der Waals surface area (Å²) in [4.78, 5) is 6.58. The van der Waals surface area contributed by atoms with Crippen LogP contribution in [0.25, 0.3) is 0 Å². The molecular formula is C17H29FN4. The molecule has 0 unspecified atom stereocenters. The average molecular weight is 308 g/mol. The second-order valence-corrected chi connectivity index (χ2v) is 5.66. The van der Waals surface area contributed by atoms with E-state index < -0.39 is 0 Å². The van der Waals surface area contributed by atoms with Crippen molar-refractivity contribution in [2.45, 2.75) is 40.3 Å². The molecule has 0 aliphatic rings. The Hall–Kier alpha value is -1.62. The Morgan fingerprint density at radius 2 is 2.05 bits per heavy atom. The molecule has 5 heteroatoms. The number of likely N-dealkylation sites (N-methyl/N-ethyl adjacent to an activating group) is 1. The molecule has 0 aliphatic carbocycles. The van der Waals surface area contributed by atoms with Crippen LogP contribution in [0.5, 0.6) is 0 Å². The van der Waals surface area contributed by atoms with E-state index in [-0.39, 0.29) is 5.82 Å². The number of guanidine groups is 1. The van der Waals surface area contributed by atoms with Crippen molar-refractivity contribution in [3.05, 3.63) is 35.1 Å². The highest BCUT2D eigenvalue weighted by Gasteiger charge is 2.06. The van der Waals surface area contributed by atoms with E-state index in [0.717, 1.165) is 31.2 Å². The molecule has 0 spiro atoms. The topological polar surface area (TPSA) is 39.7 Å². The van der Waals surface area contributed by atoms with Crippen LogP contribution in [0.1, 0.15) is 31.9 Å². The Kier molecular flexibility index (Phi) is 7.88. The molecule has 0 saturated carbocycles. The van der Waals surface area contributed by atoms with Crippen LogP contribution in [0.15, 0.2) is 23.2 Å². The summed E-state index contributed by atoms with van der Waals surface area (Å²) in [5.41, 5.74) is 1.57. The highest BCUT2D eigenvalue weighted by atomic mass is 19.1. The minimum absolute atomic E-state index is 0.169. The lowest BCUT2D eigenvalue weighted by atomic mass is 10.1. The smallest absolute Gasteiger partial charge is 0.191 e. The van der Waals surface area contributed by atoms with Crippen LogP contribution in [0.4, 0.5) is 4.39 Å². The molecule has 0 aromatic heterocycles. The monoisotopic (exact) mass is 308 g/mol. The van der Waals surface area contributed by atoms with Gasteiger partial charge in [-0.05, 0) is 44.5 Å². The van der Waals surface area contributed by atoms with Gasteiger partial charge >= 0.3 is 0 Å². The predicted molar refractivity (Wildman–Crippen MR) is 91.7 cm³/mol. The Bertz CT molecular complexity index is 486. The van der Waals surface area contributed by atoms with Gasteiger partial charge in [0.2, 0.25) is 0 Å². The summed E-state index contributed by atoms with van der Waals surface area (Å²) < 4.78 is 13.5. The summed E-state index contributed by atoms with van der Waals surface area (Å²) in [5, 5.41) is 6.50. The molecule has 0 atom stereocenters. The molecule has 2 N–H and O–H groups in total. The number of halogens is 1. The van der Waals surface area contributed by atoms with Crippen LogP contribution in [-0.2, 0) is 6.54 Å². The van der Waals surface area contributed by atoms with Gasteiger partial charge in [0.25, 0.3) is 0 Å². The molecule has 0 radical (unpaired) electrons. The van der Waals surface area contributed by atoms with Crippen LogP contribution in [0.2, 0.25) is 0 Å². The molecule has 0 aliphatic heterocycles. The molecule has 22 heavy (non-hydrogen) atoms. The minimum Gasteiger partial charge on any atom is -0.355 e. The predicted octanol–water partition coefficient (Wildman–Crippen LogP) is 2.53. The maximum absolute atomic E-state index is 13.5. The zero-order valence-corrected chi connectivity index (χ0v) is 14.4. The maximum Gasteiger partial charge on any atom is 0.191 e. The van der Waals surface area contributed by atoms with Gasteiger partial charge in [-0.1, -0.05) is 19.1 Å². The molecule has 0 amide bonds. The molecule has 4 nitrogen and oxygen atoms in total. The van der Waals surface area contributed by atoms with E-state index in [1.54, 1.807) is 26.1 Å². The van der Waals surface area contributed by atoms with Gasteiger partial charge in [0.15, 0.2) is 5.96 Å². The van der Waals surface area contributed by atoms with Crippen molar-refractivity contribution in [1.29, 1.82) is 0 Å². The first-order valence-electron chi connectivity index (χ1n) is 7.91. The zero-order chi connectivity index (χ0) is 16.5. The van der Waals surface area contributed by atoms with E-state index >= 15 is 0 Å². The van der Waals surface area contributed by atoms with E-state index in [1.807, 2.05) is 6.07 Å². The van der Waals surface area contributed by atoms with Crippen molar-refractivity contribution in [1.82, 2.24) is 15.5 Å². The summed E-state index contributed by atoms with van der Waals surface area (Å²) in [7, 11) is 1.74. The van der Waals surface area contributed by atoms with Gasteiger partial charge in [0.05, 0.1) is 0 Å². The zero-order valence-electron chi connectivity index (χ0n) is 14.4. The second-order valence-electron chi connectivity index (χ2n) is 5.66. The number of nitrogens with zero attached hydrogens (tertiary/aromatic N) is 2. The van der Waals surface area contributed by atoms with Gasteiger partial charge in [0.1, 0.15) is 5.82 Å². The van der Waals surface area contributed by atoms with Crippen LogP contribution in [0.3, 0.4) is 0 Å². The Balaban J connectivity index is 2.41. The quantitative estimate of drug-likeness (QED) is 0.601. The maximum atomic E-state index is 13.5. The van der Waals surface area contributed by atoms with Gasteiger partial charge in [-0.3, -0.25) is 9.89 Å². The Morgan fingerprint density at radius 1 is 1.32 bits per heavy atom. The lowest BCUT2D eigenvalue weighted by Crippen LogP contribution is -2.42. The van der Waals surface area contributed by atoms with Crippen molar-refractivity contribution in [2.24, 2.45) is 4.99 Å². The third-order valence-electron chi connectivity index (χ3n) is 3.75. The highest BCUT2D eigenvalue weighted by Crippen LogP contribution is 2.08. The van der Waals surface area contributed by atoms with E-state index in [2.05, 4.69) is 41.3 Å². The number of nitrogens with one attached hydrogen (secondary N) is 2. The van der Waals surface area contributed by atoms with Crippen LogP contribution < -0.4 is 10.6 Å². The number of aliphatic imine (C=N–C) groups is 1. The van der Waals surface area contributed by atoms with E-state index in [0.29, 0.717) is 18.2 Å². The average Bonchev–Trinajstić information content (AvgIpc) is 2.49. The van der Waals surface area contributed by atoms with E-state index in [9.17, 15) is 4.39 Å². The number of benzene rings is 1. The first-order valence-corrected chi connectivity index (χ1v) is 7.91. The largest absolute Gasteiger partial charge is 0.355 e. The standard InChI is InChI=1S/C17H29FN4/c1-6-22(13(2)3)10-9-20-17(19-5)21-12-15-8-7-14(4)16(18)11-15/h7-8,11,13H,6,9-10,12H2,1-5H3,(H2,19,20,21). The lowest BCUT2D eigenvalue weighted by molar-refractivity contribution is 0.237. The van der Waals surface area contributed by atoms with Gasteiger partial charge in [-0.2, -0.15) is 0 Å². The van der Waals surface area contributed by atoms with Gasteiger partial charge in [-0.15, -0.1) is 0 Å². The van der Waals surface area contributed by atoms with Crippen LogP contribution in [-0.4, -0.2) is 43.6 Å². The van der Waals surface area contributed by atoms with Crippen molar-refractivity contribution in [3.8, 4) is 0 Å². The van der Waals surface area contributed by atoms with Crippen molar-refractivity contribution >= 4 is 5.96 Å². The first kappa shape index (κ1) is 18.4. The summed E-state index contributed by atoms with van der Waals surface area (Å²) in [5.74, 6) is 0.568. The number of rotatable bonds is 7. The molecule has 1 aromatic rings. The molecule has 124 valence electrons. The van der Waals surface area contributed by atoms with Crippen LogP contribution >= 0.6 is 0 Å². The molecular weight excluding hydrogens is 279 g/mol. The highest BCUT2D eigenvalue weighted by molar-refractivity contribution is 5.79. The second kappa shape index (κ2) is 9.41. The SMILES string of the molecule is CCN(CCNC(=NC)NCc1ccc(C)c(F)c1)C(C)C. The molecule has 1 aromatic carbocycles. The lowest BCUT2D eigenvalue weighted by Gasteiger charge is -2.25. The summed E-state index contributed by atoms with van der Waals surface area (Å²) in [6.07, 6.45) is 0. The minimum atomic E-state index is -0.169. The first-order chi connectivity index (χ1) is 10.5. The number of hydrogen-bond acceptors (Lipinski definition) is 2. The summed E-state index contributed by atoms with van der Waals surface area (Å²) in [6, 6.07) is 5.82. The fraction of sp³-hybridized carbons (Fsp3) is 0.588. The normalized spacial score (nSPS) is 12.1. The number of hydrogen-bond donors (Lipinski definition) is 2. The fourth-order valence-electron chi connectivity index (χ4n) is 2.25. The Morgan fingerprint density at radius 3 is 2.59 bits per heavy atom. The van der Waals surface area contributed by atoms with Gasteiger partial charge in [-0.25, -0.2) is 4.39 Å². The molecule has 0 bridgehead atoms. The molecule has 0 fully saturated rings.